The predicted molar refractivity (Wildman–Crippen MR) is 82.4 cm³/mol. The summed E-state index contributed by atoms with van der Waals surface area (Å²) < 4.78 is 34.1. The lowest BCUT2D eigenvalue weighted by Crippen LogP contribution is -2.35. The van der Waals surface area contributed by atoms with E-state index >= 15 is 0 Å². The molecule has 1 amide bonds. The van der Waals surface area contributed by atoms with Gasteiger partial charge in [0, 0.05) is 23.5 Å². The van der Waals surface area contributed by atoms with Crippen molar-refractivity contribution in [1.29, 1.82) is 0 Å². The number of fused-ring (bicyclic) bond motifs is 1. The summed E-state index contributed by atoms with van der Waals surface area (Å²) in [5.41, 5.74) is 1.56. The summed E-state index contributed by atoms with van der Waals surface area (Å²) in [5, 5.41) is 2.03. The first-order chi connectivity index (χ1) is 11.1. The van der Waals surface area contributed by atoms with Gasteiger partial charge < -0.3 is 14.4 Å². The number of nitrogens with zero attached hydrogens (tertiary/aromatic N) is 1. The van der Waals surface area contributed by atoms with Crippen molar-refractivity contribution in [3.05, 3.63) is 45.6 Å². The van der Waals surface area contributed by atoms with Gasteiger partial charge in [0.05, 0.1) is 7.11 Å². The number of rotatable bonds is 4. The summed E-state index contributed by atoms with van der Waals surface area (Å²) in [6.45, 7) is -1.73. The van der Waals surface area contributed by atoms with Crippen molar-refractivity contribution < 1.29 is 23.0 Å². The fourth-order valence-corrected chi connectivity index (χ4v) is 3.49. The normalized spacial score (nSPS) is 13.8. The molecule has 0 bridgehead atoms. The number of carbonyl (C=O) groups excluding carboxylic acids is 1. The molecule has 4 nitrogen and oxygen atoms in total. The Balaban J connectivity index is 1.80. The number of ether oxygens (including phenoxy) is 2. The van der Waals surface area contributed by atoms with Crippen LogP contribution in [0.2, 0.25) is 0 Å². The molecule has 0 unspecified atom stereocenters. The van der Waals surface area contributed by atoms with E-state index in [1.165, 1.54) is 35.7 Å². The summed E-state index contributed by atoms with van der Waals surface area (Å²) in [4.78, 5) is 15.7. The maximum atomic E-state index is 12.6. The highest BCUT2D eigenvalue weighted by Crippen LogP contribution is 2.31. The number of halogens is 2. The van der Waals surface area contributed by atoms with Crippen molar-refractivity contribution >= 4 is 17.2 Å². The molecule has 0 saturated heterocycles. The molecule has 122 valence electrons. The van der Waals surface area contributed by atoms with Gasteiger partial charge in [0.15, 0.2) is 11.5 Å². The third-order valence-electron chi connectivity index (χ3n) is 3.72. The Bertz CT molecular complexity index is 717. The van der Waals surface area contributed by atoms with E-state index in [-0.39, 0.29) is 17.4 Å². The molecule has 0 atom stereocenters. The molecule has 1 aromatic heterocycles. The van der Waals surface area contributed by atoms with E-state index in [0.717, 1.165) is 6.42 Å². The minimum atomic E-state index is -2.94. The molecule has 23 heavy (non-hydrogen) atoms. The van der Waals surface area contributed by atoms with Gasteiger partial charge in [-0.1, -0.05) is 0 Å². The molecule has 1 aliphatic rings. The number of alkyl halides is 2. The fourth-order valence-electron chi connectivity index (χ4n) is 2.60. The van der Waals surface area contributed by atoms with Crippen molar-refractivity contribution in [2.75, 3.05) is 13.7 Å². The highest BCUT2D eigenvalue weighted by atomic mass is 32.1. The van der Waals surface area contributed by atoms with Crippen LogP contribution in [0.4, 0.5) is 8.78 Å². The van der Waals surface area contributed by atoms with E-state index in [0.29, 0.717) is 18.7 Å². The van der Waals surface area contributed by atoms with Crippen molar-refractivity contribution in [2.45, 2.75) is 19.6 Å². The lowest BCUT2D eigenvalue weighted by Gasteiger charge is -2.27. The maximum Gasteiger partial charge on any atom is 0.387 e. The lowest BCUT2D eigenvalue weighted by molar-refractivity contribution is -0.0512. The van der Waals surface area contributed by atoms with Gasteiger partial charge in [0.25, 0.3) is 5.91 Å². The zero-order valence-electron chi connectivity index (χ0n) is 12.4. The van der Waals surface area contributed by atoms with Gasteiger partial charge in [-0.05, 0) is 41.6 Å². The zero-order chi connectivity index (χ0) is 16.4. The van der Waals surface area contributed by atoms with Gasteiger partial charge in [-0.3, -0.25) is 4.79 Å². The van der Waals surface area contributed by atoms with E-state index in [9.17, 15) is 13.6 Å². The molecule has 1 aliphatic heterocycles. The SMILES string of the molecule is COc1cc(C(=O)N2CCc3sccc3C2)ccc1OC(F)F. The third-order valence-corrected chi connectivity index (χ3v) is 4.74. The van der Waals surface area contributed by atoms with Crippen molar-refractivity contribution in [1.82, 2.24) is 4.90 Å². The first kappa shape index (κ1) is 15.7. The van der Waals surface area contributed by atoms with Crippen LogP contribution in [-0.2, 0) is 13.0 Å². The standard InChI is InChI=1S/C16H15F2NO3S/c1-21-13-8-10(2-3-12(13)22-16(17)18)15(20)19-6-4-14-11(9-19)5-7-23-14/h2-3,5,7-8,16H,4,6,9H2,1H3. The zero-order valence-corrected chi connectivity index (χ0v) is 13.2. The molecule has 0 saturated carbocycles. The summed E-state index contributed by atoms with van der Waals surface area (Å²) >= 11 is 1.70. The van der Waals surface area contributed by atoms with Crippen molar-refractivity contribution in [2.24, 2.45) is 0 Å². The topological polar surface area (TPSA) is 38.8 Å². The second kappa shape index (κ2) is 6.54. The molecule has 2 heterocycles. The van der Waals surface area contributed by atoms with Gasteiger partial charge in [0.1, 0.15) is 0 Å². The molecule has 0 radical (unpaired) electrons. The van der Waals surface area contributed by atoms with Crippen LogP contribution in [0.3, 0.4) is 0 Å². The molecule has 0 fully saturated rings. The van der Waals surface area contributed by atoms with E-state index in [1.54, 1.807) is 16.2 Å². The van der Waals surface area contributed by atoms with E-state index in [1.807, 2.05) is 11.4 Å². The number of carbonyl (C=O) groups is 1. The Morgan fingerprint density at radius 1 is 1.30 bits per heavy atom. The fraction of sp³-hybridized carbons (Fsp3) is 0.312. The van der Waals surface area contributed by atoms with E-state index in [2.05, 4.69) is 4.74 Å². The lowest BCUT2D eigenvalue weighted by atomic mass is 10.1. The van der Waals surface area contributed by atoms with E-state index < -0.39 is 6.61 Å². The second-order valence-electron chi connectivity index (χ2n) is 5.09. The minimum Gasteiger partial charge on any atom is -0.493 e. The average Bonchev–Trinajstić information content (AvgIpc) is 3.01. The Morgan fingerprint density at radius 2 is 2.13 bits per heavy atom. The van der Waals surface area contributed by atoms with Crippen LogP contribution < -0.4 is 9.47 Å². The third kappa shape index (κ3) is 3.29. The van der Waals surface area contributed by atoms with Crippen molar-refractivity contribution in [3.63, 3.8) is 0 Å². The highest BCUT2D eigenvalue weighted by molar-refractivity contribution is 7.10. The summed E-state index contributed by atoms with van der Waals surface area (Å²) in [7, 11) is 1.35. The number of methoxy groups -OCH3 is 1. The molecular formula is C16H15F2NO3S. The molecule has 0 aliphatic carbocycles. The highest BCUT2D eigenvalue weighted by Gasteiger charge is 2.23. The summed E-state index contributed by atoms with van der Waals surface area (Å²) in [6, 6.07) is 6.27. The first-order valence-electron chi connectivity index (χ1n) is 7.06. The molecular weight excluding hydrogens is 324 g/mol. The molecule has 0 N–H and O–H groups in total. The van der Waals surface area contributed by atoms with Crippen LogP contribution in [0.1, 0.15) is 20.8 Å². The first-order valence-corrected chi connectivity index (χ1v) is 7.94. The Kier molecular flexibility index (Phi) is 4.47. The maximum absolute atomic E-state index is 12.6. The van der Waals surface area contributed by atoms with Crippen LogP contribution in [-0.4, -0.2) is 31.1 Å². The summed E-state index contributed by atoms with van der Waals surface area (Å²) in [6.07, 6.45) is 0.836. The number of hydrogen-bond donors (Lipinski definition) is 0. The second-order valence-corrected chi connectivity index (χ2v) is 6.09. The molecule has 7 heteroatoms. The monoisotopic (exact) mass is 339 g/mol. The van der Waals surface area contributed by atoms with Crippen LogP contribution in [0.25, 0.3) is 0 Å². The van der Waals surface area contributed by atoms with Gasteiger partial charge >= 0.3 is 6.61 Å². The van der Waals surface area contributed by atoms with Gasteiger partial charge in [-0.25, -0.2) is 0 Å². The van der Waals surface area contributed by atoms with Crippen LogP contribution in [0.5, 0.6) is 11.5 Å². The van der Waals surface area contributed by atoms with Gasteiger partial charge in [-0.2, -0.15) is 8.78 Å². The van der Waals surface area contributed by atoms with Crippen LogP contribution >= 0.6 is 11.3 Å². The van der Waals surface area contributed by atoms with Crippen LogP contribution in [0.15, 0.2) is 29.6 Å². The largest absolute Gasteiger partial charge is 0.493 e. The Morgan fingerprint density at radius 3 is 2.87 bits per heavy atom. The van der Waals surface area contributed by atoms with Gasteiger partial charge in [0.2, 0.25) is 0 Å². The quantitative estimate of drug-likeness (QED) is 0.855. The van der Waals surface area contributed by atoms with Gasteiger partial charge in [-0.15, -0.1) is 11.3 Å². The Labute approximate surface area is 136 Å². The number of hydrogen-bond acceptors (Lipinski definition) is 4. The summed E-state index contributed by atoms with van der Waals surface area (Å²) in [5.74, 6) is -0.119. The number of thiophene rings is 1. The Hall–Kier alpha value is -2.15. The molecule has 3 rings (SSSR count). The predicted octanol–water partition coefficient (Wildman–Crippen LogP) is 3.56. The molecule has 1 aromatic carbocycles. The number of amides is 1. The minimum absolute atomic E-state index is 0.0854. The average molecular weight is 339 g/mol. The number of benzene rings is 1. The molecule has 2 aromatic rings. The molecule has 0 spiro atoms. The smallest absolute Gasteiger partial charge is 0.387 e. The van der Waals surface area contributed by atoms with Crippen molar-refractivity contribution in [3.8, 4) is 11.5 Å². The van der Waals surface area contributed by atoms with E-state index in [4.69, 9.17) is 4.74 Å². The van der Waals surface area contributed by atoms with Crippen LogP contribution in [0, 0.1) is 0 Å².